The maximum Gasteiger partial charge on any atom is 0.233 e. The van der Waals surface area contributed by atoms with E-state index in [2.05, 4.69) is 5.32 Å². The minimum absolute atomic E-state index is 0.186. The molecule has 0 bridgehead atoms. The number of carbonyl (C=O) groups is 1. The van der Waals surface area contributed by atoms with E-state index < -0.39 is 20.5 Å². The highest BCUT2D eigenvalue weighted by Crippen LogP contribution is 2.46. The van der Waals surface area contributed by atoms with E-state index in [1.54, 1.807) is 0 Å². The molecular weight excluding hydrogens is 260 g/mol. The van der Waals surface area contributed by atoms with Gasteiger partial charge in [0, 0.05) is 6.54 Å². The lowest BCUT2D eigenvalue weighted by molar-refractivity contribution is -0.123. The van der Waals surface area contributed by atoms with Crippen molar-refractivity contribution in [1.82, 2.24) is 5.32 Å². The summed E-state index contributed by atoms with van der Waals surface area (Å²) in [4.78, 5) is 12.1. The van der Waals surface area contributed by atoms with Gasteiger partial charge in [0.2, 0.25) is 5.91 Å². The number of nitrogens with one attached hydrogen (secondary N) is 1. The standard InChI is InChI=1S/C10H16N2O3S2/c11-8(16)10(3-4-10)9(13)12-6-7-2-1-5-17(7,14)15/h7H,1-6H2,(H2,11,16)(H,12,13). The van der Waals surface area contributed by atoms with Crippen LogP contribution < -0.4 is 11.1 Å². The molecule has 0 radical (unpaired) electrons. The van der Waals surface area contributed by atoms with E-state index in [0.29, 0.717) is 25.7 Å². The first kappa shape index (κ1) is 12.8. The van der Waals surface area contributed by atoms with E-state index in [9.17, 15) is 13.2 Å². The molecule has 0 aromatic carbocycles. The van der Waals surface area contributed by atoms with Crippen molar-refractivity contribution in [3.05, 3.63) is 0 Å². The van der Waals surface area contributed by atoms with Crippen molar-refractivity contribution in [2.24, 2.45) is 11.1 Å². The maximum atomic E-state index is 11.9. The van der Waals surface area contributed by atoms with Crippen molar-refractivity contribution in [3.63, 3.8) is 0 Å². The van der Waals surface area contributed by atoms with Crippen LogP contribution in [0.4, 0.5) is 0 Å². The predicted octanol–water partition coefficient (Wildman–Crippen LogP) is -0.254. The van der Waals surface area contributed by atoms with Crippen molar-refractivity contribution in [3.8, 4) is 0 Å². The van der Waals surface area contributed by atoms with E-state index >= 15 is 0 Å². The molecule has 0 aromatic heterocycles. The molecule has 0 spiro atoms. The monoisotopic (exact) mass is 276 g/mol. The first-order chi connectivity index (χ1) is 7.88. The fourth-order valence-corrected chi connectivity index (χ4v) is 4.24. The zero-order valence-corrected chi connectivity index (χ0v) is 11.1. The summed E-state index contributed by atoms with van der Waals surface area (Å²) in [6.45, 7) is 0.186. The third kappa shape index (κ3) is 2.30. The Morgan fingerprint density at radius 2 is 2.12 bits per heavy atom. The van der Waals surface area contributed by atoms with Crippen molar-refractivity contribution < 1.29 is 13.2 Å². The third-order valence-corrected chi connectivity index (χ3v) is 6.28. The van der Waals surface area contributed by atoms with Crippen LogP contribution in [0.1, 0.15) is 25.7 Å². The fourth-order valence-electron chi connectivity index (χ4n) is 2.17. The minimum Gasteiger partial charge on any atom is -0.392 e. The number of hydrogen-bond acceptors (Lipinski definition) is 4. The number of amides is 1. The van der Waals surface area contributed by atoms with Crippen LogP contribution in [-0.4, -0.2) is 36.9 Å². The topological polar surface area (TPSA) is 89.3 Å². The van der Waals surface area contributed by atoms with Gasteiger partial charge in [-0.25, -0.2) is 8.42 Å². The Bertz CT molecular complexity index is 454. The molecule has 1 saturated heterocycles. The summed E-state index contributed by atoms with van der Waals surface area (Å²) in [5.74, 6) is 0.0145. The van der Waals surface area contributed by atoms with Crippen LogP contribution in [0.3, 0.4) is 0 Å². The number of sulfone groups is 1. The maximum absolute atomic E-state index is 11.9. The third-order valence-electron chi connectivity index (χ3n) is 3.61. The molecule has 0 aromatic rings. The molecule has 5 nitrogen and oxygen atoms in total. The van der Waals surface area contributed by atoms with Gasteiger partial charge in [0.15, 0.2) is 9.84 Å². The SMILES string of the molecule is NC(=S)C1(C(=O)NCC2CCCS2(=O)=O)CC1. The molecule has 1 heterocycles. The van der Waals surface area contributed by atoms with E-state index in [1.165, 1.54) is 0 Å². The highest BCUT2D eigenvalue weighted by Gasteiger charge is 2.52. The van der Waals surface area contributed by atoms with E-state index in [1.807, 2.05) is 0 Å². The summed E-state index contributed by atoms with van der Waals surface area (Å²) in [5, 5.41) is 2.24. The van der Waals surface area contributed by atoms with Gasteiger partial charge in [0.25, 0.3) is 0 Å². The van der Waals surface area contributed by atoms with E-state index in [0.717, 1.165) is 0 Å². The number of thiocarbonyl (C=S) groups is 1. The summed E-state index contributed by atoms with van der Waals surface area (Å²) in [5.41, 5.74) is 4.83. The second-order valence-corrected chi connectivity index (χ2v) is 7.63. The Balaban J connectivity index is 1.91. The van der Waals surface area contributed by atoms with Gasteiger partial charge in [-0.1, -0.05) is 12.2 Å². The molecule has 1 saturated carbocycles. The van der Waals surface area contributed by atoms with Crippen LogP contribution in [-0.2, 0) is 14.6 Å². The summed E-state index contributed by atoms with van der Waals surface area (Å²) in [6.07, 6.45) is 2.66. The van der Waals surface area contributed by atoms with Crippen LogP contribution in [0.5, 0.6) is 0 Å². The molecule has 1 aliphatic carbocycles. The van der Waals surface area contributed by atoms with E-state index in [-0.39, 0.29) is 23.2 Å². The Morgan fingerprint density at radius 3 is 2.53 bits per heavy atom. The number of hydrogen-bond donors (Lipinski definition) is 2. The number of nitrogens with two attached hydrogens (primary N) is 1. The van der Waals surface area contributed by atoms with Crippen LogP contribution in [0, 0.1) is 5.41 Å². The Morgan fingerprint density at radius 1 is 1.47 bits per heavy atom. The summed E-state index contributed by atoms with van der Waals surface area (Å²) >= 11 is 4.86. The second-order valence-electron chi connectivity index (χ2n) is 4.79. The molecule has 2 aliphatic rings. The lowest BCUT2D eigenvalue weighted by atomic mass is 10.1. The number of rotatable bonds is 4. The molecule has 2 fully saturated rings. The van der Waals surface area contributed by atoms with Gasteiger partial charge in [0.05, 0.1) is 21.4 Å². The minimum atomic E-state index is -3.01. The molecule has 1 amide bonds. The van der Waals surface area contributed by atoms with Gasteiger partial charge in [-0.05, 0) is 25.7 Å². The Labute approximate surface area is 106 Å². The molecule has 1 aliphatic heterocycles. The van der Waals surface area contributed by atoms with Crippen LogP contribution in [0.15, 0.2) is 0 Å². The average Bonchev–Trinajstić information content (AvgIpc) is 2.97. The van der Waals surface area contributed by atoms with Crippen LogP contribution in [0.2, 0.25) is 0 Å². The molecule has 2 rings (SSSR count). The predicted molar refractivity (Wildman–Crippen MR) is 68.3 cm³/mol. The van der Waals surface area contributed by atoms with Gasteiger partial charge in [0.1, 0.15) is 0 Å². The Hall–Kier alpha value is -0.690. The normalized spacial score (nSPS) is 28.6. The zero-order chi connectivity index (χ0) is 12.7. The molecule has 1 unspecified atom stereocenters. The molecule has 96 valence electrons. The van der Waals surface area contributed by atoms with Crippen LogP contribution >= 0.6 is 12.2 Å². The summed E-state index contributed by atoms with van der Waals surface area (Å²) in [6, 6.07) is 0. The Kier molecular flexibility index (Phi) is 3.15. The van der Waals surface area contributed by atoms with Crippen molar-refractivity contribution in [1.29, 1.82) is 0 Å². The summed E-state index contributed by atoms with van der Waals surface area (Å²) in [7, 11) is -3.01. The van der Waals surface area contributed by atoms with Gasteiger partial charge in [-0.3, -0.25) is 4.79 Å². The first-order valence-corrected chi connectivity index (χ1v) is 7.81. The largest absolute Gasteiger partial charge is 0.392 e. The second kappa shape index (κ2) is 4.20. The fraction of sp³-hybridized carbons (Fsp3) is 0.800. The van der Waals surface area contributed by atoms with Gasteiger partial charge in [-0.2, -0.15) is 0 Å². The van der Waals surface area contributed by atoms with Crippen molar-refractivity contribution in [2.45, 2.75) is 30.9 Å². The molecule has 3 N–H and O–H groups in total. The molecule has 1 atom stereocenters. The molecule has 7 heteroatoms. The summed E-state index contributed by atoms with van der Waals surface area (Å²) < 4.78 is 23.1. The van der Waals surface area contributed by atoms with Crippen molar-refractivity contribution >= 4 is 33.0 Å². The first-order valence-electron chi connectivity index (χ1n) is 5.68. The van der Waals surface area contributed by atoms with Gasteiger partial charge < -0.3 is 11.1 Å². The zero-order valence-electron chi connectivity index (χ0n) is 9.44. The highest BCUT2D eigenvalue weighted by atomic mass is 32.2. The lowest BCUT2D eigenvalue weighted by Gasteiger charge is -2.16. The molecular formula is C10H16N2O3S2. The van der Waals surface area contributed by atoms with Crippen LogP contribution in [0.25, 0.3) is 0 Å². The van der Waals surface area contributed by atoms with Gasteiger partial charge in [-0.15, -0.1) is 0 Å². The number of carbonyl (C=O) groups excluding carboxylic acids is 1. The average molecular weight is 276 g/mol. The van der Waals surface area contributed by atoms with Crippen molar-refractivity contribution in [2.75, 3.05) is 12.3 Å². The quantitative estimate of drug-likeness (QED) is 0.691. The molecule has 17 heavy (non-hydrogen) atoms. The lowest BCUT2D eigenvalue weighted by Crippen LogP contribution is -2.43. The highest BCUT2D eigenvalue weighted by molar-refractivity contribution is 7.92. The van der Waals surface area contributed by atoms with Gasteiger partial charge >= 0.3 is 0 Å². The smallest absolute Gasteiger partial charge is 0.233 e. The van der Waals surface area contributed by atoms with E-state index in [4.69, 9.17) is 18.0 Å².